The Kier molecular flexibility index (Phi) is 9.13. The highest BCUT2D eigenvalue weighted by Crippen LogP contribution is 2.19. The third kappa shape index (κ3) is 6.78. The van der Waals surface area contributed by atoms with Gasteiger partial charge < -0.3 is 10.1 Å². The van der Waals surface area contributed by atoms with E-state index < -0.39 is 11.9 Å². The third-order valence-electron chi connectivity index (χ3n) is 4.34. The summed E-state index contributed by atoms with van der Waals surface area (Å²) in [5, 5.41) is 5.05. The summed E-state index contributed by atoms with van der Waals surface area (Å²) in [4.78, 5) is 24.2. The Morgan fingerprint density at radius 1 is 0.833 bits per heavy atom. The van der Waals surface area contributed by atoms with Gasteiger partial charge in [0.05, 0.1) is 7.11 Å². The molecule has 0 aliphatic heterocycles. The Morgan fingerprint density at radius 3 is 2.03 bits per heavy atom. The van der Waals surface area contributed by atoms with Gasteiger partial charge in [-0.25, -0.2) is 4.79 Å². The monoisotopic (exact) mass is 408 g/mol. The van der Waals surface area contributed by atoms with Gasteiger partial charge in [-0.2, -0.15) is 0 Å². The molecule has 0 spiro atoms. The molecule has 0 saturated carbocycles. The molecule has 0 saturated heterocycles. The SMILES string of the molecule is CC.COc1ccc(CCNC(=O)NC(=O)c2ccc(-c3ccccc3)cc2)cc1.[HH].[HH]. The Balaban J connectivity index is 0.00000234. The Hall–Kier alpha value is -3.60. The van der Waals surface area contributed by atoms with Crippen molar-refractivity contribution < 1.29 is 17.2 Å². The lowest BCUT2D eigenvalue weighted by molar-refractivity contribution is 0.0964. The summed E-state index contributed by atoms with van der Waals surface area (Å²) >= 11 is 0. The van der Waals surface area contributed by atoms with Crippen molar-refractivity contribution in [3.63, 3.8) is 0 Å². The minimum Gasteiger partial charge on any atom is -0.497 e. The highest BCUT2D eigenvalue weighted by atomic mass is 16.5. The largest absolute Gasteiger partial charge is 0.497 e. The topological polar surface area (TPSA) is 67.4 Å². The second-order valence-corrected chi connectivity index (χ2v) is 6.25. The fourth-order valence-corrected chi connectivity index (χ4v) is 2.78. The van der Waals surface area contributed by atoms with Crippen molar-refractivity contribution in [3.05, 3.63) is 90.0 Å². The van der Waals surface area contributed by atoms with Crippen LogP contribution < -0.4 is 15.4 Å². The van der Waals surface area contributed by atoms with E-state index in [2.05, 4.69) is 10.6 Å². The van der Waals surface area contributed by atoms with Crippen LogP contribution in [-0.4, -0.2) is 25.6 Å². The first kappa shape index (κ1) is 22.7. The zero-order chi connectivity index (χ0) is 21.8. The van der Waals surface area contributed by atoms with Crippen LogP contribution in [0.15, 0.2) is 78.9 Å². The van der Waals surface area contributed by atoms with Crippen molar-refractivity contribution in [2.24, 2.45) is 0 Å². The normalized spacial score (nSPS) is 9.70. The van der Waals surface area contributed by atoms with Gasteiger partial charge in [-0.1, -0.05) is 68.4 Å². The average molecular weight is 409 g/mol. The number of amides is 3. The lowest BCUT2D eigenvalue weighted by atomic mass is 10.0. The summed E-state index contributed by atoms with van der Waals surface area (Å²) in [6, 6.07) is 24.2. The van der Waals surface area contributed by atoms with E-state index in [0.29, 0.717) is 18.5 Å². The summed E-state index contributed by atoms with van der Waals surface area (Å²) in [5.41, 5.74) is 3.60. The number of hydrogen-bond acceptors (Lipinski definition) is 3. The lowest BCUT2D eigenvalue weighted by Crippen LogP contribution is -2.40. The van der Waals surface area contributed by atoms with Crippen molar-refractivity contribution in [1.82, 2.24) is 10.6 Å². The Bertz CT molecular complexity index is 932. The molecule has 3 aromatic carbocycles. The van der Waals surface area contributed by atoms with Crippen LogP contribution in [0.5, 0.6) is 5.75 Å². The molecule has 0 aliphatic rings. The van der Waals surface area contributed by atoms with E-state index in [1.54, 1.807) is 19.2 Å². The van der Waals surface area contributed by atoms with Gasteiger partial charge in [0.1, 0.15) is 5.75 Å². The standard InChI is InChI=1S/C23H22N2O3.C2H6.2H2/c1-28-21-13-7-17(8-14-21)15-16-24-23(27)25-22(26)20-11-9-19(10-12-20)18-5-3-2-4-6-18;1-2;;/h2-14H,15-16H2,1H3,(H2,24,25,26,27);1-2H3;2*1H. The summed E-state index contributed by atoms with van der Waals surface area (Å²) in [7, 11) is 1.62. The summed E-state index contributed by atoms with van der Waals surface area (Å²) in [5.74, 6) is 0.361. The smallest absolute Gasteiger partial charge is 0.321 e. The van der Waals surface area contributed by atoms with Gasteiger partial charge in [0.2, 0.25) is 0 Å². The molecule has 0 bridgehead atoms. The molecule has 3 amide bonds. The Labute approximate surface area is 181 Å². The second kappa shape index (κ2) is 12.1. The van der Waals surface area contributed by atoms with Crippen molar-refractivity contribution in [2.75, 3.05) is 13.7 Å². The van der Waals surface area contributed by atoms with Crippen LogP contribution in [0.4, 0.5) is 4.79 Å². The first-order valence-electron chi connectivity index (χ1n) is 10.0. The highest BCUT2D eigenvalue weighted by molar-refractivity contribution is 6.04. The first-order valence-corrected chi connectivity index (χ1v) is 10.0. The summed E-state index contributed by atoms with van der Waals surface area (Å²) in [6.45, 7) is 4.43. The molecule has 0 aromatic heterocycles. The van der Waals surface area contributed by atoms with Crippen LogP contribution in [0.3, 0.4) is 0 Å². The van der Waals surface area contributed by atoms with E-state index in [1.165, 1.54) is 0 Å². The quantitative estimate of drug-likeness (QED) is 0.561. The minimum absolute atomic E-state index is 0. The molecular weight excluding hydrogens is 376 g/mol. The van der Waals surface area contributed by atoms with Crippen LogP contribution in [0, 0.1) is 0 Å². The fraction of sp³-hybridized carbons (Fsp3) is 0.200. The van der Waals surface area contributed by atoms with E-state index in [1.807, 2.05) is 80.6 Å². The van der Waals surface area contributed by atoms with E-state index in [0.717, 1.165) is 22.4 Å². The van der Waals surface area contributed by atoms with Crippen LogP contribution in [0.2, 0.25) is 0 Å². The van der Waals surface area contributed by atoms with Gasteiger partial charge in [0.25, 0.3) is 5.91 Å². The third-order valence-corrected chi connectivity index (χ3v) is 4.34. The molecule has 0 aliphatic carbocycles. The fourth-order valence-electron chi connectivity index (χ4n) is 2.78. The number of rotatable bonds is 6. The molecule has 160 valence electrons. The average Bonchev–Trinajstić information content (AvgIpc) is 2.81. The van der Waals surface area contributed by atoms with Crippen LogP contribution in [0.1, 0.15) is 32.6 Å². The van der Waals surface area contributed by atoms with Crippen molar-refractivity contribution in [3.8, 4) is 16.9 Å². The molecule has 5 heteroatoms. The van der Waals surface area contributed by atoms with Gasteiger partial charge in [0, 0.05) is 15.0 Å². The molecule has 0 atom stereocenters. The summed E-state index contributed by atoms with van der Waals surface area (Å²) < 4.78 is 5.11. The zero-order valence-corrected chi connectivity index (χ0v) is 17.6. The molecule has 5 nitrogen and oxygen atoms in total. The van der Waals surface area contributed by atoms with Gasteiger partial charge >= 0.3 is 6.03 Å². The molecule has 30 heavy (non-hydrogen) atoms. The molecule has 0 heterocycles. The van der Waals surface area contributed by atoms with Gasteiger partial charge in [-0.3, -0.25) is 10.1 Å². The molecular formula is C25H32N2O3. The van der Waals surface area contributed by atoms with Gasteiger partial charge in [-0.15, -0.1) is 0 Å². The number of hydrogen-bond donors (Lipinski definition) is 2. The van der Waals surface area contributed by atoms with E-state index in [-0.39, 0.29) is 2.85 Å². The maximum absolute atomic E-state index is 12.2. The predicted molar refractivity (Wildman–Crippen MR) is 125 cm³/mol. The van der Waals surface area contributed by atoms with Crippen molar-refractivity contribution in [1.29, 1.82) is 0 Å². The van der Waals surface area contributed by atoms with Gasteiger partial charge in [0.15, 0.2) is 0 Å². The number of imide groups is 1. The van der Waals surface area contributed by atoms with E-state index in [9.17, 15) is 9.59 Å². The zero-order valence-electron chi connectivity index (χ0n) is 17.6. The first-order chi connectivity index (χ1) is 14.7. The summed E-state index contributed by atoms with van der Waals surface area (Å²) in [6.07, 6.45) is 0.664. The minimum atomic E-state index is -0.509. The molecule has 0 radical (unpaired) electrons. The number of methoxy groups -OCH3 is 1. The number of ether oxygens (including phenoxy) is 1. The van der Waals surface area contributed by atoms with E-state index in [4.69, 9.17) is 4.74 Å². The molecule has 0 unspecified atom stereocenters. The highest BCUT2D eigenvalue weighted by Gasteiger charge is 2.10. The number of carbonyl (C=O) groups is 2. The maximum Gasteiger partial charge on any atom is 0.321 e. The molecule has 2 N–H and O–H groups in total. The molecule has 0 fully saturated rings. The molecule has 3 rings (SSSR count). The second-order valence-electron chi connectivity index (χ2n) is 6.25. The van der Waals surface area contributed by atoms with Gasteiger partial charge in [-0.05, 0) is 47.4 Å². The van der Waals surface area contributed by atoms with Crippen LogP contribution in [0.25, 0.3) is 11.1 Å². The molecule has 3 aromatic rings. The number of urea groups is 1. The van der Waals surface area contributed by atoms with Crippen molar-refractivity contribution in [2.45, 2.75) is 20.3 Å². The van der Waals surface area contributed by atoms with Crippen LogP contribution >= 0.6 is 0 Å². The predicted octanol–water partition coefficient (Wildman–Crippen LogP) is 5.56. The maximum atomic E-state index is 12.2. The Morgan fingerprint density at radius 2 is 1.43 bits per heavy atom. The number of benzene rings is 3. The lowest BCUT2D eigenvalue weighted by Gasteiger charge is -2.08. The van der Waals surface area contributed by atoms with E-state index >= 15 is 0 Å². The van der Waals surface area contributed by atoms with Crippen molar-refractivity contribution >= 4 is 11.9 Å². The number of carbonyl (C=O) groups excluding carboxylic acids is 2. The van der Waals surface area contributed by atoms with Crippen LogP contribution in [-0.2, 0) is 6.42 Å². The number of nitrogens with one attached hydrogen (secondary N) is 2.